The number of hydrogen-bond donors (Lipinski definition) is 2. The molecule has 0 amide bonds. The van der Waals surface area contributed by atoms with E-state index < -0.39 is 11.5 Å². The van der Waals surface area contributed by atoms with Crippen molar-refractivity contribution < 1.29 is 9.90 Å². The third-order valence-electron chi connectivity index (χ3n) is 2.10. The molecule has 0 radical (unpaired) electrons. The molecule has 0 aliphatic heterocycles. The fourth-order valence-electron chi connectivity index (χ4n) is 1.33. The highest BCUT2D eigenvalue weighted by molar-refractivity contribution is 7.09. The zero-order valence-electron chi connectivity index (χ0n) is 8.93. The molecule has 0 aliphatic carbocycles. The van der Waals surface area contributed by atoms with Crippen molar-refractivity contribution in [3.63, 3.8) is 0 Å². The number of nitrogens with one attached hydrogen (secondary N) is 1. The lowest BCUT2D eigenvalue weighted by Gasteiger charge is -1.98. The van der Waals surface area contributed by atoms with Crippen molar-refractivity contribution in [1.29, 1.82) is 0 Å². The van der Waals surface area contributed by atoms with Crippen molar-refractivity contribution in [2.45, 2.75) is 13.3 Å². The molecular weight excluding hydrogens is 242 g/mol. The first kappa shape index (κ1) is 11.5. The second-order valence-corrected chi connectivity index (χ2v) is 4.47. The van der Waals surface area contributed by atoms with Crippen LogP contribution in [0.4, 0.5) is 0 Å². The van der Waals surface area contributed by atoms with Crippen LogP contribution in [0.1, 0.15) is 26.9 Å². The van der Waals surface area contributed by atoms with Crippen LogP contribution in [0.15, 0.2) is 16.4 Å². The highest BCUT2D eigenvalue weighted by atomic mass is 32.1. The second kappa shape index (κ2) is 4.46. The van der Waals surface area contributed by atoms with Crippen LogP contribution in [-0.4, -0.2) is 26.0 Å². The van der Waals surface area contributed by atoms with Gasteiger partial charge < -0.3 is 10.1 Å². The molecule has 17 heavy (non-hydrogen) atoms. The molecule has 0 fully saturated rings. The van der Waals surface area contributed by atoms with Crippen LogP contribution >= 0.6 is 11.3 Å². The number of hydrogen-bond acceptors (Lipinski definition) is 5. The number of aromatic amines is 1. The van der Waals surface area contributed by atoms with Gasteiger partial charge in [0.05, 0.1) is 10.7 Å². The van der Waals surface area contributed by atoms with E-state index >= 15 is 0 Å². The molecule has 0 spiro atoms. The summed E-state index contributed by atoms with van der Waals surface area (Å²) in [7, 11) is 0. The first-order chi connectivity index (χ1) is 8.06. The summed E-state index contributed by atoms with van der Waals surface area (Å²) < 4.78 is 0. The number of carboxylic acid groups (broad SMARTS) is 1. The van der Waals surface area contributed by atoms with Gasteiger partial charge in [0.15, 0.2) is 0 Å². The van der Waals surface area contributed by atoms with Crippen molar-refractivity contribution in [3.05, 3.63) is 44.0 Å². The lowest BCUT2D eigenvalue weighted by molar-refractivity contribution is 0.0694. The Morgan fingerprint density at radius 3 is 2.88 bits per heavy atom. The molecule has 0 unspecified atom stereocenters. The van der Waals surface area contributed by atoms with Crippen molar-refractivity contribution in [3.8, 4) is 0 Å². The molecule has 7 heteroatoms. The summed E-state index contributed by atoms with van der Waals surface area (Å²) in [4.78, 5) is 32.6. The summed E-state index contributed by atoms with van der Waals surface area (Å²) in [6.45, 7) is 1.89. The molecule has 0 saturated carbocycles. The largest absolute Gasteiger partial charge is 0.477 e. The van der Waals surface area contributed by atoms with E-state index in [1.54, 1.807) is 0 Å². The molecule has 2 N–H and O–H groups in total. The Balaban J connectivity index is 2.27. The Labute approximate surface area is 100.0 Å². The van der Waals surface area contributed by atoms with Crippen LogP contribution < -0.4 is 5.56 Å². The Bertz CT molecular complexity index is 617. The van der Waals surface area contributed by atoms with Gasteiger partial charge in [0.1, 0.15) is 11.4 Å². The van der Waals surface area contributed by atoms with E-state index in [0.29, 0.717) is 12.2 Å². The van der Waals surface area contributed by atoms with Crippen molar-refractivity contribution in [2.75, 3.05) is 0 Å². The quantitative estimate of drug-likeness (QED) is 0.842. The number of thiazole rings is 1. The van der Waals surface area contributed by atoms with Crippen LogP contribution in [0.5, 0.6) is 0 Å². The standard InChI is InChI=1S/C10H9N3O3S/c1-5-12-6(4-17-5)2-8-11-3-7(10(15)16)9(14)13-8/h3-4H,2H2,1H3,(H,15,16)(H,11,13,14). The molecule has 0 bridgehead atoms. The smallest absolute Gasteiger partial charge is 0.342 e. The normalized spacial score (nSPS) is 10.4. The molecule has 2 aromatic heterocycles. The Hall–Kier alpha value is -2.02. The monoisotopic (exact) mass is 251 g/mol. The number of aromatic nitrogens is 3. The Kier molecular flexibility index (Phi) is 3.01. The number of H-pyrrole nitrogens is 1. The minimum absolute atomic E-state index is 0.358. The van der Waals surface area contributed by atoms with Gasteiger partial charge in [-0.25, -0.2) is 14.8 Å². The van der Waals surface area contributed by atoms with Gasteiger partial charge in [-0.3, -0.25) is 4.79 Å². The van der Waals surface area contributed by atoms with Crippen molar-refractivity contribution in [1.82, 2.24) is 15.0 Å². The SMILES string of the molecule is Cc1nc(Cc2ncc(C(=O)O)c(=O)[nH]2)cs1. The topological polar surface area (TPSA) is 95.9 Å². The van der Waals surface area contributed by atoms with Gasteiger partial charge >= 0.3 is 5.97 Å². The fourth-order valence-corrected chi connectivity index (χ4v) is 1.95. The van der Waals surface area contributed by atoms with Gasteiger partial charge in [-0.2, -0.15) is 0 Å². The van der Waals surface area contributed by atoms with E-state index in [9.17, 15) is 9.59 Å². The van der Waals surface area contributed by atoms with Crippen LogP contribution in [0.2, 0.25) is 0 Å². The molecule has 2 aromatic rings. The number of carboxylic acids is 1. The highest BCUT2D eigenvalue weighted by Crippen LogP contribution is 2.10. The fraction of sp³-hybridized carbons (Fsp3) is 0.200. The summed E-state index contributed by atoms with van der Waals surface area (Å²) >= 11 is 1.51. The molecule has 6 nitrogen and oxygen atoms in total. The lowest BCUT2D eigenvalue weighted by Crippen LogP contribution is -2.20. The van der Waals surface area contributed by atoms with Crippen molar-refractivity contribution in [2.24, 2.45) is 0 Å². The molecule has 0 aromatic carbocycles. The Morgan fingerprint density at radius 1 is 1.59 bits per heavy atom. The Morgan fingerprint density at radius 2 is 2.35 bits per heavy atom. The van der Waals surface area contributed by atoms with Gasteiger partial charge in [0, 0.05) is 18.0 Å². The second-order valence-electron chi connectivity index (χ2n) is 3.41. The van der Waals surface area contributed by atoms with E-state index in [1.807, 2.05) is 12.3 Å². The maximum absolute atomic E-state index is 11.4. The van der Waals surface area contributed by atoms with Crippen LogP contribution in [0.3, 0.4) is 0 Å². The third-order valence-corrected chi connectivity index (χ3v) is 2.92. The first-order valence-corrected chi connectivity index (χ1v) is 5.66. The van der Waals surface area contributed by atoms with Crippen LogP contribution in [0.25, 0.3) is 0 Å². The zero-order chi connectivity index (χ0) is 12.4. The van der Waals surface area contributed by atoms with Gasteiger partial charge in [-0.1, -0.05) is 0 Å². The number of rotatable bonds is 3. The van der Waals surface area contributed by atoms with E-state index in [-0.39, 0.29) is 5.56 Å². The lowest BCUT2D eigenvalue weighted by atomic mass is 10.3. The van der Waals surface area contributed by atoms with Gasteiger partial charge in [-0.05, 0) is 6.92 Å². The average molecular weight is 251 g/mol. The summed E-state index contributed by atoms with van der Waals surface area (Å²) in [5.74, 6) is -0.875. The van der Waals surface area contributed by atoms with E-state index in [0.717, 1.165) is 16.9 Å². The van der Waals surface area contributed by atoms with Crippen LogP contribution in [-0.2, 0) is 6.42 Å². The number of aromatic carboxylic acids is 1. The maximum Gasteiger partial charge on any atom is 0.342 e. The van der Waals surface area contributed by atoms with Crippen LogP contribution in [0, 0.1) is 6.92 Å². The van der Waals surface area contributed by atoms with E-state index in [2.05, 4.69) is 15.0 Å². The molecule has 2 rings (SSSR count). The first-order valence-electron chi connectivity index (χ1n) is 4.79. The van der Waals surface area contributed by atoms with E-state index in [1.165, 1.54) is 11.3 Å². The maximum atomic E-state index is 11.4. The molecule has 0 atom stereocenters. The molecule has 88 valence electrons. The molecule has 0 saturated heterocycles. The molecule has 2 heterocycles. The van der Waals surface area contributed by atoms with Gasteiger partial charge in [0.25, 0.3) is 5.56 Å². The summed E-state index contributed by atoms with van der Waals surface area (Å²) in [6.07, 6.45) is 1.45. The molecular formula is C10H9N3O3S. The van der Waals surface area contributed by atoms with Gasteiger partial charge in [-0.15, -0.1) is 11.3 Å². The average Bonchev–Trinajstić information content (AvgIpc) is 2.63. The van der Waals surface area contributed by atoms with E-state index in [4.69, 9.17) is 5.11 Å². The summed E-state index contributed by atoms with van der Waals surface area (Å²) in [5.41, 5.74) is -0.198. The number of carbonyl (C=O) groups is 1. The predicted molar refractivity (Wildman–Crippen MR) is 61.5 cm³/mol. The van der Waals surface area contributed by atoms with Crippen molar-refractivity contribution >= 4 is 17.3 Å². The predicted octanol–water partition coefficient (Wildman–Crippen LogP) is 0.824. The summed E-state index contributed by atoms with van der Waals surface area (Å²) in [6, 6.07) is 0. The zero-order valence-corrected chi connectivity index (χ0v) is 9.74. The number of nitrogens with zero attached hydrogens (tertiary/aromatic N) is 2. The minimum atomic E-state index is -1.28. The minimum Gasteiger partial charge on any atom is -0.477 e. The third kappa shape index (κ3) is 2.56. The molecule has 0 aliphatic rings. The number of aryl methyl sites for hydroxylation is 1. The summed E-state index contributed by atoms with van der Waals surface area (Å²) in [5, 5.41) is 11.5. The van der Waals surface area contributed by atoms with Gasteiger partial charge in [0.2, 0.25) is 0 Å². The highest BCUT2D eigenvalue weighted by Gasteiger charge is 2.10.